The van der Waals surface area contributed by atoms with Crippen molar-refractivity contribution in [2.75, 3.05) is 20.0 Å². The van der Waals surface area contributed by atoms with Crippen molar-refractivity contribution in [2.24, 2.45) is 10.2 Å². The monoisotopic (exact) mass is 429 g/mol. The maximum absolute atomic E-state index is 11.5. The summed E-state index contributed by atoms with van der Waals surface area (Å²) in [6, 6.07) is 3.43. The van der Waals surface area contributed by atoms with Gasteiger partial charge in [0.25, 0.3) is 0 Å². The van der Waals surface area contributed by atoms with Gasteiger partial charge in [-0.3, -0.25) is 4.79 Å². The fourth-order valence-electron chi connectivity index (χ4n) is 1.85. The second-order valence-electron chi connectivity index (χ2n) is 4.80. The Morgan fingerprint density at radius 2 is 2.20 bits per heavy atom. The summed E-state index contributed by atoms with van der Waals surface area (Å²) < 4.78 is 16.1. The lowest BCUT2D eigenvalue weighted by atomic mass is 10.2. The molecule has 1 heterocycles. The Morgan fingerprint density at radius 1 is 1.44 bits per heavy atom. The summed E-state index contributed by atoms with van der Waals surface area (Å²) in [7, 11) is 2.78. The molecule has 1 aromatic rings. The van der Waals surface area contributed by atoms with Crippen molar-refractivity contribution in [1.82, 2.24) is 5.32 Å². The number of hydrogen-bond acceptors (Lipinski definition) is 8. The number of amides is 1. The number of amidine groups is 1. The van der Waals surface area contributed by atoms with Crippen molar-refractivity contribution in [3.8, 4) is 11.5 Å². The van der Waals surface area contributed by atoms with Crippen LogP contribution in [0.25, 0.3) is 0 Å². The Labute approximate surface area is 157 Å². The highest BCUT2D eigenvalue weighted by atomic mass is 79.9. The average molecular weight is 430 g/mol. The van der Waals surface area contributed by atoms with Gasteiger partial charge in [0.05, 0.1) is 30.7 Å². The zero-order valence-corrected chi connectivity index (χ0v) is 16.1. The van der Waals surface area contributed by atoms with Crippen LogP contribution in [0, 0.1) is 0 Å². The highest BCUT2D eigenvalue weighted by Gasteiger charge is 2.20. The van der Waals surface area contributed by atoms with Gasteiger partial charge in [0.2, 0.25) is 5.91 Å². The van der Waals surface area contributed by atoms with Gasteiger partial charge in [-0.05, 0) is 40.5 Å². The molecule has 134 valence electrons. The van der Waals surface area contributed by atoms with E-state index in [4.69, 9.17) is 9.47 Å². The molecular weight excluding hydrogens is 414 g/mol. The molecule has 1 N–H and O–H groups in total. The van der Waals surface area contributed by atoms with Crippen LogP contribution in [0.4, 0.5) is 0 Å². The fraction of sp³-hybridized carbons (Fsp3) is 0.333. The first-order valence-corrected chi connectivity index (χ1v) is 8.88. The Balaban J connectivity index is 2.18. The van der Waals surface area contributed by atoms with E-state index in [9.17, 15) is 9.59 Å². The normalized spacial score (nSPS) is 16.8. The van der Waals surface area contributed by atoms with Crippen LogP contribution in [0.3, 0.4) is 0 Å². The Bertz CT molecular complexity index is 738. The molecule has 0 radical (unpaired) electrons. The van der Waals surface area contributed by atoms with Gasteiger partial charge in [0.1, 0.15) is 0 Å². The van der Waals surface area contributed by atoms with Gasteiger partial charge in [-0.25, -0.2) is 4.79 Å². The molecule has 1 aliphatic rings. The number of nitrogens with one attached hydrogen (secondary N) is 1. The topological polar surface area (TPSA) is 98.6 Å². The van der Waals surface area contributed by atoms with Gasteiger partial charge < -0.3 is 19.5 Å². The summed E-state index contributed by atoms with van der Waals surface area (Å²) in [6.45, 7) is 1.58. The number of esters is 1. The van der Waals surface area contributed by atoms with Gasteiger partial charge in [-0.15, -0.1) is 5.10 Å². The number of rotatable bonds is 6. The first-order valence-electron chi connectivity index (χ1n) is 7.10. The van der Waals surface area contributed by atoms with E-state index < -0.39 is 12.1 Å². The van der Waals surface area contributed by atoms with Crippen molar-refractivity contribution in [3.05, 3.63) is 22.2 Å². The number of hydrogen-bond donors (Lipinski definition) is 1. The number of ether oxygens (including phenoxy) is 3. The fourth-order valence-corrected chi connectivity index (χ4v) is 3.03. The lowest BCUT2D eigenvalue weighted by molar-refractivity contribution is -0.148. The van der Waals surface area contributed by atoms with E-state index in [0.29, 0.717) is 32.5 Å². The van der Waals surface area contributed by atoms with Crippen molar-refractivity contribution in [1.29, 1.82) is 0 Å². The van der Waals surface area contributed by atoms with Crippen LogP contribution in [0.5, 0.6) is 11.5 Å². The predicted molar refractivity (Wildman–Crippen MR) is 98.4 cm³/mol. The molecule has 1 amide bonds. The largest absolute Gasteiger partial charge is 0.493 e. The third-order valence-corrected chi connectivity index (χ3v) is 4.47. The standard InChI is InChI=1S/C15H16BrN3O5S/c1-8(14(21)23-3)24-13-10(16)4-9(5-11(13)22-2)6-17-19-15-18-12(20)7-25-15/h4-6,8H,7H2,1-3H3,(H,18,19,20). The molecule has 2 rings (SSSR count). The highest BCUT2D eigenvalue weighted by molar-refractivity contribution is 9.10. The van der Waals surface area contributed by atoms with Gasteiger partial charge in [-0.2, -0.15) is 5.10 Å². The molecule has 1 aromatic carbocycles. The lowest BCUT2D eigenvalue weighted by Crippen LogP contribution is -2.25. The lowest BCUT2D eigenvalue weighted by Gasteiger charge is -2.17. The third-order valence-electron chi connectivity index (χ3n) is 3.02. The summed E-state index contributed by atoms with van der Waals surface area (Å²) in [5.74, 6) is 0.555. The number of methoxy groups -OCH3 is 2. The third kappa shape index (κ3) is 5.20. The van der Waals surface area contributed by atoms with Crippen LogP contribution >= 0.6 is 27.7 Å². The molecule has 1 unspecified atom stereocenters. The number of carbonyl (C=O) groups is 2. The van der Waals surface area contributed by atoms with Crippen LogP contribution in [-0.2, 0) is 14.3 Å². The summed E-state index contributed by atoms with van der Waals surface area (Å²) >= 11 is 4.68. The Hall–Kier alpha value is -2.07. The molecule has 1 saturated heterocycles. The summed E-state index contributed by atoms with van der Waals surface area (Å²) in [5, 5.41) is 10.9. The van der Waals surface area contributed by atoms with Crippen molar-refractivity contribution in [2.45, 2.75) is 13.0 Å². The van der Waals surface area contributed by atoms with Gasteiger partial charge in [-0.1, -0.05) is 11.8 Å². The zero-order valence-electron chi connectivity index (χ0n) is 13.7. The molecule has 0 aliphatic carbocycles. The van der Waals surface area contributed by atoms with E-state index in [0.717, 1.165) is 0 Å². The van der Waals surface area contributed by atoms with E-state index in [1.807, 2.05) is 0 Å². The second-order valence-corrected chi connectivity index (χ2v) is 6.62. The summed E-state index contributed by atoms with van der Waals surface area (Å²) in [5.41, 5.74) is 0.695. The smallest absolute Gasteiger partial charge is 0.346 e. The van der Waals surface area contributed by atoms with E-state index in [1.54, 1.807) is 19.1 Å². The van der Waals surface area contributed by atoms with Gasteiger partial charge in [0.15, 0.2) is 22.8 Å². The maximum Gasteiger partial charge on any atom is 0.346 e. The maximum atomic E-state index is 11.5. The molecule has 1 fully saturated rings. The summed E-state index contributed by atoms with van der Waals surface area (Å²) in [6.07, 6.45) is 0.725. The van der Waals surface area contributed by atoms with Crippen LogP contribution in [0.1, 0.15) is 12.5 Å². The minimum absolute atomic E-state index is 0.0930. The van der Waals surface area contributed by atoms with Gasteiger partial charge >= 0.3 is 5.97 Å². The minimum Gasteiger partial charge on any atom is -0.493 e. The Kier molecular flexibility index (Phi) is 6.82. The van der Waals surface area contributed by atoms with Crippen molar-refractivity contribution >= 4 is 51.0 Å². The summed E-state index contributed by atoms with van der Waals surface area (Å²) in [4.78, 5) is 22.6. The van der Waals surface area contributed by atoms with E-state index in [-0.39, 0.29) is 5.91 Å². The molecule has 10 heteroatoms. The number of thioether (sulfide) groups is 1. The number of benzene rings is 1. The molecule has 0 bridgehead atoms. The highest BCUT2D eigenvalue weighted by Crippen LogP contribution is 2.37. The van der Waals surface area contributed by atoms with Crippen LogP contribution in [0.15, 0.2) is 26.8 Å². The quantitative estimate of drug-likeness (QED) is 0.421. The SMILES string of the molecule is COC(=O)C(C)Oc1c(Br)cc(C=NN=C2NC(=O)CS2)cc1OC. The molecule has 0 aromatic heterocycles. The molecule has 1 aliphatic heterocycles. The molecule has 1 atom stereocenters. The van der Waals surface area contributed by atoms with Crippen LogP contribution < -0.4 is 14.8 Å². The first kappa shape index (κ1) is 19.3. The van der Waals surface area contributed by atoms with Gasteiger partial charge in [0, 0.05) is 0 Å². The van der Waals surface area contributed by atoms with Crippen molar-refractivity contribution in [3.63, 3.8) is 0 Å². The molecule has 0 spiro atoms. The van der Waals surface area contributed by atoms with E-state index in [2.05, 4.69) is 36.2 Å². The second kappa shape index (κ2) is 8.86. The molecular formula is C15H16BrN3O5S. The molecule has 25 heavy (non-hydrogen) atoms. The van der Waals surface area contributed by atoms with Crippen molar-refractivity contribution < 1.29 is 23.8 Å². The van der Waals surface area contributed by atoms with E-state index in [1.165, 1.54) is 32.2 Å². The Morgan fingerprint density at radius 3 is 2.80 bits per heavy atom. The number of carbonyl (C=O) groups excluding carboxylic acids is 2. The van der Waals surface area contributed by atoms with Crippen LogP contribution in [-0.4, -0.2) is 49.3 Å². The van der Waals surface area contributed by atoms with E-state index >= 15 is 0 Å². The minimum atomic E-state index is -0.788. The average Bonchev–Trinajstić information content (AvgIpc) is 3.01. The molecule has 0 saturated carbocycles. The molecule has 8 nitrogen and oxygen atoms in total. The predicted octanol–water partition coefficient (Wildman–Crippen LogP) is 1.95. The number of nitrogens with zero attached hydrogens (tertiary/aromatic N) is 2. The number of halogens is 1. The van der Waals surface area contributed by atoms with Crippen LogP contribution in [0.2, 0.25) is 0 Å². The zero-order chi connectivity index (χ0) is 18.4. The first-order chi connectivity index (χ1) is 11.9.